The van der Waals surface area contributed by atoms with Gasteiger partial charge in [-0.3, -0.25) is 0 Å². The van der Waals surface area contributed by atoms with E-state index in [2.05, 4.69) is 39.5 Å². The van der Waals surface area contributed by atoms with Gasteiger partial charge in [0.05, 0.1) is 30.6 Å². The van der Waals surface area contributed by atoms with E-state index < -0.39 is 0 Å². The molecule has 5 nitrogen and oxygen atoms in total. The summed E-state index contributed by atoms with van der Waals surface area (Å²) in [7, 11) is 0. The standard InChI is InChI=1S/C13H14N4O/c1-2-4-10(5-3-1)16-7-12-13(8-16)18-9-11-6-14-15-17(11)12/h1-6,12-13H,7-9H2/t12-,13-/m1/s1. The van der Waals surface area contributed by atoms with Crippen molar-refractivity contribution < 1.29 is 4.74 Å². The molecule has 92 valence electrons. The van der Waals surface area contributed by atoms with Gasteiger partial charge < -0.3 is 9.64 Å². The van der Waals surface area contributed by atoms with Gasteiger partial charge in [-0.1, -0.05) is 23.4 Å². The molecule has 0 amide bonds. The molecule has 1 saturated heterocycles. The van der Waals surface area contributed by atoms with Gasteiger partial charge in [0.15, 0.2) is 0 Å². The molecule has 3 heterocycles. The first-order valence-electron chi connectivity index (χ1n) is 6.22. The number of hydrogen-bond donors (Lipinski definition) is 0. The van der Waals surface area contributed by atoms with Crippen LogP contribution in [0.25, 0.3) is 0 Å². The summed E-state index contributed by atoms with van der Waals surface area (Å²) in [4.78, 5) is 2.35. The van der Waals surface area contributed by atoms with E-state index >= 15 is 0 Å². The monoisotopic (exact) mass is 242 g/mol. The molecule has 5 heteroatoms. The van der Waals surface area contributed by atoms with Crippen LogP contribution in [0, 0.1) is 0 Å². The van der Waals surface area contributed by atoms with Gasteiger partial charge in [0.2, 0.25) is 0 Å². The maximum atomic E-state index is 5.90. The van der Waals surface area contributed by atoms with E-state index in [0.29, 0.717) is 6.61 Å². The van der Waals surface area contributed by atoms with Crippen LogP contribution in [0.1, 0.15) is 11.7 Å². The first-order valence-corrected chi connectivity index (χ1v) is 6.22. The van der Waals surface area contributed by atoms with E-state index in [1.165, 1.54) is 5.69 Å². The third-order valence-corrected chi connectivity index (χ3v) is 3.77. The molecule has 2 aliphatic rings. The molecule has 1 fully saturated rings. The largest absolute Gasteiger partial charge is 0.368 e. The molecule has 0 unspecified atom stereocenters. The lowest BCUT2D eigenvalue weighted by atomic mass is 10.2. The Balaban J connectivity index is 1.64. The lowest BCUT2D eigenvalue weighted by Crippen LogP contribution is -2.32. The van der Waals surface area contributed by atoms with Crippen molar-refractivity contribution in [2.24, 2.45) is 0 Å². The van der Waals surface area contributed by atoms with Crippen molar-refractivity contribution in [3.05, 3.63) is 42.2 Å². The number of hydrogen-bond acceptors (Lipinski definition) is 4. The predicted octanol–water partition coefficient (Wildman–Crippen LogP) is 1.24. The van der Waals surface area contributed by atoms with Crippen LogP contribution in [-0.2, 0) is 11.3 Å². The minimum absolute atomic E-state index is 0.222. The van der Waals surface area contributed by atoms with Crippen LogP contribution in [0.5, 0.6) is 0 Å². The fourth-order valence-corrected chi connectivity index (χ4v) is 2.84. The molecule has 18 heavy (non-hydrogen) atoms. The number of anilines is 1. The maximum Gasteiger partial charge on any atom is 0.0996 e. The Morgan fingerprint density at radius 1 is 1.17 bits per heavy atom. The molecule has 2 aromatic rings. The highest BCUT2D eigenvalue weighted by Gasteiger charge is 2.39. The van der Waals surface area contributed by atoms with Gasteiger partial charge in [-0.05, 0) is 12.1 Å². The summed E-state index contributed by atoms with van der Waals surface area (Å²) in [5, 5.41) is 8.16. The zero-order valence-corrected chi connectivity index (χ0v) is 9.94. The van der Waals surface area contributed by atoms with Crippen LogP contribution in [0.4, 0.5) is 5.69 Å². The summed E-state index contributed by atoms with van der Waals surface area (Å²) in [6.07, 6.45) is 2.01. The van der Waals surface area contributed by atoms with Crippen molar-refractivity contribution >= 4 is 5.69 Å². The first-order chi connectivity index (χ1) is 8.92. The van der Waals surface area contributed by atoms with Gasteiger partial charge >= 0.3 is 0 Å². The molecule has 2 aliphatic heterocycles. The zero-order valence-electron chi connectivity index (χ0n) is 9.94. The SMILES string of the molecule is c1ccc(N2C[C@@H]3[C@@H](C2)OCc2cnnn23)cc1. The summed E-state index contributed by atoms with van der Waals surface area (Å²) in [5.41, 5.74) is 2.32. The summed E-state index contributed by atoms with van der Waals surface area (Å²) in [6, 6.07) is 10.7. The van der Waals surface area contributed by atoms with Crippen molar-refractivity contribution in [2.45, 2.75) is 18.8 Å². The van der Waals surface area contributed by atoms with Crippen molar-refractivity contribution in [1.82, 2.24) is 15.0 Å². The van der Waals surface area contributed by atoms with E-state index in [1.807, 2.05) is 10.7 Å². The Hall–Kier alpha value is -1.88. The Morgan fingerprint density at radius 3 is 2.94 bits per heavy atom. The van der Waals surface area contributed by atoms with E-state index in [1.54, 1.807) is 6.20 Å². The summed E-state index contributed by atoms with van der Waals surface area (Å²) in [6.45, 7) is 2.48. The lowest BCUT2D eigenvalue weighted by Gasteiger charge is -2.25. The molecule has 1 aromatic heterocycles. The molecular weight excluding hydrogens is 228 g/mol. The predicted molar refractivity (Wildman–Crippen MR) is 66.3 cm³/mol. The van der Waals surface area contributed by atoms with E-state index in [-0.39, 0.29) is 12.1 Å². The Bertz CT molecular complexity index is 553. The molecule has 0 bridgehead atoms. The maximum absolute atomic E-state index is 5.90. The number of nitrogens with zero attached hydrogens (tertiary/aromatic N) is 4. The van der Waals surface area contributed by atoms with Gasteiger partial charge in [0.1, 0.15) is 0 Å². The summed E-state index contributed by atoms with van der Waals surface area (Å²) >= 11 is 0. The second kappa shape index (κ2) is 3.81. The molecule has 0 N–H and O–H groups in total. The highest BCUT2D eigenvalue weighted by Crippen LogP contribution is 2.32. The molecule has 0 saturated carbocycles. The van der Waals surface area contributed by atoms with Crippen molar-refractivity contribution in [3.63, 3.8) is 0 Å². The number of rotatable bonds is 1. The minimum Gasteiger partial charge on any atom is -0.368 e. The van der Waals surface area contributed by atoms with Crippen LogP contribution in [-0.4, -0.2) is 34.2 Å². The molecule has 4 rings (SSSR count). The molecule has 0 aliphatic carbocycles. The lowest BCUT2D eigenvalue weighted by molar-refractivity contribution is -0.00253. The molecular formula is C13H14N4O. The second-order valence-corrected chi connectivity index (χ2v) is 4.83. The summed E-state index contributed by atoms with van der Waals surface area (Å²) in [5.74, 6) is 0. The Morgan fingerprint density at radius 2 is 2.06 bits per heavy atom. The topological polar surface area (TPSA) is 43.2 Å². The number of para-hydroxylation sites is 1. The summed E-state index contributed by atoms with van der Waals surface area (Å²) < 4.78 is 7.92. The van der Waals surface area contributed by atoms with Crippen LogP contribution in [0.3, 0.4) is 0 Å². The number of benzene rings is 1. The van der Waals surface area contributed by atoms with Crippen molar-refractivity contribution in [1.29, 1.82) is 0 Å². The van der Waals surface area contributed by atoms with E-state index in [9.17, 15) is 0 Å². The number of ether oxygens (including phenoxy) is 1. The molecule has 0 spiro atoms. The smallest absolute Gasteiger partial charge is 0.0996 e. The highest BCUT2D eigenvalue weighted by atomic mass is 16.5. The van der Waals surface area contributed by atoms with Gasteiger partial charge in [-0.2, -0.15) is 0 Å². The van der Waals surface area contributed by atoms with Crippen molar-refractivity contribution in [3.8, 4) is 0 Å². The quantitative estimate of drug-likeness (QED) is 0.754. The van der Waals surface area contributed by atoms with Crippen molar-refractivity contribution in [2.75, 3.05) is 18.0 Å². The van der Waals surface area contributed by atoms with Crippen LogP contribution < -0.4 is 4.90 Å². The zero-order chi connectivity index (χ0) is 11.9. The average Bonchev–Trinajstić information content (AvgIpc) is 3.05. The fraction of sp³-hybridized carbons (Fsp3) is 0.385. The molecule has 0 radical (unpaired) electrons. The third kappa shape index (κ3) is 1.44. The van der Waals surface area contributed by atoms with Crippen LogP contribution >= 0.6 is 0 Å². The van der Waals surface area contributed by atoms with Crippen LogP contribution in [0.2, 0.25) is 0 Å². The van der Waals surface area contributed by atoms with Gasteiger partial charge in [0.25, 0.3) is 0 Å². The normalized spacial score (nSPS) is 25.9. The molecule has 2 atom stereocenters. The fourth-order valence-electron chi connectivity index (χ4n) is 2.84. The third-order valence-electron chi connectivity index (χ3n) is 3.77. The van der Waals surface area contributed by atoms with E-state index in [4.69, 9.17) is 4.74 Å². The van der Waals surface area contributed by atoms with E-state index in [0.717, 1.165) is 18.8 Å². The molecule has 1 aromatic carbocycles. The van der Waals surface area contributed by atoms with Gasteiger partial charge in [-0.15, -0.1) is 5.10 Å². The second-order valence-electron chi connectivity index (χ2n) is 4.83. The van der Waals surface area contributed by atoms with Gasteiger partial charge in [-0.25, -0.2) is 4.68 Å². The number of fused-ring (bicyclic) bond motifs is 3. The van der Waals surface area contributed by atoms with Crippen LogP contribution in [0.15, 0.2) is 36.5 Å². The Labute approximate surface area is 105 Å². The first kappa shape index (κ1) is 10.1. The Kier molecular flexibility index (Phi) is 2.14. The minimum atomic E-state index is 0.222. The number of aromatic nitrogens is 3. The van der Waals surface area contributed by atoms with Gasteiger partial charge in [0, 0.05) is 18.8 Å². The average molecular weight is 242 g/mol. The highest BCUT2D eigenvalue weighted by molar-refractivity contribution is 5.47.